The van der Waals surface area contributed by atoms with Gasteiger partial charge in [0.2, 0.25) is 0 Å². The minimum atomic E-state index is -0.946. The lowest BCUT2D eigenvalue weighted by Gasteiger charge is -2.32. The third kappa shape index (κ3) is 5.94. The Balaban J connectivity index is 0.00000300. The summed E-state index contributed by atoms with van der Waals surface area (Å²) in [6.45, 7) is 1.97. The summed E-state index contributed by atoms with van der Waals surface area (Å²) in [6.07, 6.45) is 2.34. The first-order chi connectivity index (χ1) is 13.5. The Morgan fingerprint density at radius 1 is 1.21 bits per heavy atom. The van der Waals surface area contributed by atoms with Crippen LogP contribution in [0.2, 0.25) is 0 Å². The van der Waals surface area contributed by atoms with Crippen LogP contribution in [0.5, 0.6) is 0 Å². The number of anilines is 1. The zero-order valence-corrected chi connectivity index (χ0v) is 16.9. The molecule has 1 fully saturated rings. The first kappa shape index (κ1) is 22.7. The predicted octanol–water partition coefficient (Wildman–Crippen LogP) is 3.06. The zero-order chi connectivity index (χ0) is 20.0. The Labute approximate surface area is 177 Å². The summed E-state index contributed by atoms with van der Waals surface area (Å²) in [6, 6.07) is 16.3. The van der Waals surface area contributed by atoms with Gasteiger partial charge < -0.3 is 20.8 Å². The van der Waals surface area contributed by atoms with E-state index in [0.717, 1.165) is 30.6 Å². The number of rotatable bonds is 8. The maximum atomic E-state index is 11.1. The quantitative estimate of drug-likeness (QED) is 0.528. The number of carbonyl (C=O) groups is 1. The maximum absolute atomic E-state index is 11.1. The highest BCUT2D eigenvalue weighted by Crippen LogP contribution is 2.29. The van der Waals surface area contributed by atoms with Gasteiger partial charge in [-0.15, -0.1) is 12.4 Å². The van der Waals surface area contributed by atoms with Crippen molar-refractivity contribution in [2.45, 2.75) is 24.9 Å². The van der Waals surface area contributed by atoms with E-state index in [9.17, 15) is 9.90 Å². The Bertz CT molecular complexity index is 841. The molecule has 0 radical (unpaired) electrons. The highest BCUT2D eigenvalue weighted by atomic mass is 35.5. The molecule has 0 saturated carbocycles. The summed E-state index contributed by atoms with van der Waals surface area (Å²) in [7, 11) is 0. The molecule has 6 nitrogen and oxygen atoms in total. The first-order valence-electron chi connectivity index (χ1n) is 9.49. The number of hydrogen-bond donors (Lipinski definition) is 4. The van der Waals surface area contributed by atoms with Gasteiger partial charge >= 0.3 is 5.97 Å². The highest BCUT2D eigenvalue weighted by molar-refractivity contribution is 5.88. The van der Waals surface area contributed by atoms with Gasteiger partial charge in [0.15, 0.2) is 0 Å². The third-order valence-corrected chi connectivity index (χ3v) is 5.47. The van der Waals surface area contributed by atoms with Crippen molar-refractivity contribution in [2.75, 3.05) is 25.0 Å². The molecular weight excluding hydrogens is 390 g/mol. The van der Waals surface area contributed by atoms with Gasteiger partial charge in [-0.25, -0.2) is 4.79 Å². The smallest absolute Gasteiger partial charge is 0.335 e. The molecule has 2 atom stereocenters. The normalized spacial score (nSPS) is 19.0. The third-order valence-electron chi connectivity index (χ3n) is 5.47. The van der Waals surface area contributed by atoms with Crippen molar-refractivity contribution >= 4 is 24.1 Å². The Kier molecular flexibility index (Phi) is 8.03. The van der Waals surface area contributed by atoms with Gasteiger partial charge in [-0.05, 0) is 67.8 Å². The molecule has 2 aromatic carbocycles. The van der Waals surface area contributed by atoms with Gasteiger partial charge in [0.05, 0.1) is 22.8 Å². The van der Waals surface area contributed by atoms with E-state index >= 15 is 0 Å². The average Bonchev–Trinajstić information content (AvgIpc) is 3.16. The van der Waals surface area contributed by atoms with E-state index in [0.29, 0.717) is 25.1 Å². The number of halogens is 1. The van der Waals surface area contributed by atoms with Crippen LogP contribution in [0.25, 0.3) is 0 Å². The van der Waals surface area contributed by atoms with Crippen LogP contribution in [-0.4, -0.2) is 41.4 Å². The molecule has 1 aliphatic heterocycles. The Hall–Kier alpha value is -2.59. The van der Waals surface area contributed by atoms with Crippen LogP contribution < -0.4 is 10.6 Å². The number of carboxylic acid groups (broad SMARTS) is 1. The number of carboxylic acids is 1. The summed E-state index contributed by atoms with van der Waals surface area (Å²) in [5, 5.41) is 35.6. The standard InChI is InChI=1S/C22H25N3O3.ClH/c23-13-17-3-1-16(2-4-17)5-8-19(22(28)11-12-24-15-22)14-25-20-9-6-18(7-10-20)21(26)27;/h1-4,6-7,9-10,19,24-25,28H,5,8,11-12,14-15H2,(H,26,27);1H. The Morgan fingerprint density at radius 2 is 1.90 bits per heavy atom. The minimum absolute atomic E-state index is 0. The van der Waals surface area contributed by atoms with Crippen LogP contribution in [-0.2, 0) is 6.42 Å². The zero-order valence-electron chi connectivity index (χ0n) is 16.1. The second-order valence-electron chi connectivity index (χ2n) is 7.34. The van der Waals surface area contributed by atoms with Gasteiger partial charge in [-0.1, -0.05) is 12.1 Å². The molecule has 29 heavy (non-hydrogen) atoms. The number of nitrogens with zero attached hydrogens (tertiary/aromatic N) is 1. The van der Waals surface area contributed by atoms with Crippen molar-refractivity contribution < 1.29 is 15.0 Å². The summed E-state index contributed by atoms with van der Waals surface area (Å²) in [5.41, 5.74) is 2.11. The highest BCUT2D eigenvalue weighted by Gasteiger charge is 2.38. The second kappa shape index (κ2) is 10.3. The average molecular weight is 416 g/mol. The van der Waals surface area contributed by atoms with E-state index < -0.39 is 11.6 Å². The van der Waals surface area contributed by atoms with Gasteiger partial charge in [-0.3, -0.25) is 0 Å². The summed E-state index contributed by atoms with van der Waals surface area (Å²) >= 11 is 0. The molecule has 2 unspecified atom stereocenters. The van der Waals surface area contributed by atoms with E-state index in [-0.39, 0.29) is 23.9 Å². The van der Waals surface area contributed by atoms with Crippen molar-refractivity contribution in [3.8, 4) is 6.07 Å². The number of aryl methyl sites for hydroxylation is 1. The fraction of sp³-hybridized carbons (Fsp3) is 0.364. The van der Waals surface area contributed by atoms with Crippen molar-refractivity contribution in [1.29, 1.82) is 5.26 Å². The number of benzene rings is 2. The van der Waals surface area contributed by atoms with Gasteiger partial charge in [-0.2, -0.15) is 5.26 Å². The van der Waals surface area contributed by atoms with E-state index in [1.165, 1.54) is 0 Å². The number of nitrogens with one attached hydrogen (secondary N) is 2. The predicted molar refractivity (Wildman–Crippen MR) is 115 cm³/mol. The molecule has 2 aromatic rings. The lowest BCUT2D eigenvalue weighted by molar-refractivity contribution is 0.00214. The van der Waals surface area contributed by atoms with E-state index in [4.69, 9.17) is 10.4 Å². The maximum Gasteiger partial charge on any atom is 0.335 e. The van der Waals surface area contributed by atoms with E-state index in [2.05, 4.69) is 16.7 Å². The molecule has 0 aliphatic carbocycles. The molecule has 0 amide bonds. The van der Waals surface area contributed by atoms with Crippen molar-refractivity contribution in [3.05, 3.63) is 65.2 Å². The molecule has 0 bridgehead atoms. The molecule has 4 N–H and O–H groups in total. The minimum Gasteiger partial charge on any atom is -0.478 e. The molecule has 1 heterocycles. The largest absolute Gasteiger partial charge is 0.478 e. The number of β-amino-alcohol motifs (C(OH)–C–C–N with tert-alkyl or cyclic N) is 1. The molecule has 3 rings (SSSR count). The Morgan fingerprint density at radius 3 is 2.45 bits per heavy atom. The fourth-order valence-electron chi connectivity index (χ4n) is 3.67. The number of hydrogen-bond acceptors (Lipinski definition) is 5. The molecular formula is C22H26ClN3O3. The summed E-state index contributed by atoms with van der Waals surface area (Å²) < 4.78 is 0. The van der Waals surface area contributed by atoms with E-state index in [1.807, 2.05) is 24.3 Å². The van der Waals surface area contributed by atoms with Gasteiger partial charge in [0.1, 0.15) is 0 Å². The van der Waals surface area contributed by atoms with Crippen LogP contribution in [0.15, 0.2) is 48.5 Å². The lowest BCUT2D eigenvalue weighted by atomic mass is 9.82. The van der Waals surface area contributed by atoms with Crippen LogP contribution in [0, 0.1) is 17.2 Å². The molecule has 7 heteroatoms. The van der Waals surface area contributed by atoms with Crippen molar-refractivity contribution in [2.24, 2.45) is 5.92 Å². The van der Waals surface area contributed by atoms with Crippen LogP contribution >= 0.6 is 12.4 Å². The van der Waals surface area contributed by atoms with Crippen molar-refractivity contribution in [3.63, 3.8) is 0 Å². The SMILES string of the molecule is Cl.N#Cc1ccc(CCC(CNc2ccc(C(=O)O)cc2)C2(O)CCNC2)cc1. The topological polar surface area (TPSA) is 105 Å². The molecule has 154 valence electrons. The lowest BCUT2D eigenvalue weighted by Crippen LogP contribution is -2.43. The monoisotopic (exact) mass is 415 g/mol. The van der Waals surface area contributed by atoms with Gasteiger partial charge in [0, 0.05) is 24.7 Å². The molecule has 0 spiro atoms. The number of aliphatic hydroxyl groups is 1. The number of aromatic carboxylic acids is 1. The van der Waals surface area contributed by atoms with E-state index in [1.54, 1.807) is 24.3 Å². The second-order valence-corrected chi connectivity index (χ2v) is 7.34. The first-order valence-corrected chi connectivity index (χ1v) is 9.49. The van der Waals surface area contributed by atoms with Gasteiger partial charge in [0.25, 0.3) is 0 Å². The van der Waals surface area contributed by atoms with Crippen LogP contribution in [0.3, 0.4) is 0 Å². The fourth-order valence-corrected chi connectivity index (χ4v) is 3.67. The summed E-state index contributed by atoms with van der Waals surface area (Å²) in [4.78, 5) is 11.0. The van der Waals surface area contributed by atoms with Crippen molar-refractivity contribution in [1.82, 2.24) is 5.32 Å². The molecule has 1 aliphatic rings. The van der Waals surface area contributed by atoms with Crippen LogP contribution in [0.1, 0.15) is 34.3 Å². The molecule has 0 aromatic heterocycles. The summed E-state index contributed by atoms with van der Waals surface area (Å²) in [5.74, 6) is -0.907. The van der Waals surface area contributed by atoms with Crippen LogP contribution in [0.4, 0.5) is 5.69 Å². The number of nitriles is 1. The molecule has 1 saturated heterocycles.